The number of benzene rings is 1. The van der Waals surface area contributed by atoms with Crippen molar-refractivity contribution in [1.29, 1.82) is 0 Å². The summed E-state index contributed by atoms with van der Waals surface area (Å²) in [4.78, 5) is 4.14. The molecule has 0 saturated heterocycles. The molecule has 2 rings (SSSR count). The Bertz CT molecular complexity index is 321. The number of rotatable bonds is 0. The molecule has 0 fully saturated rings. The topological polar surface area (TPSA) is 12.9 Å². The van der Waals surface area contributed by atoms with E-state index in [1.54, 1.807) is 11.3 Å². The predicted octanol–water partition coefficient (Wildman–Crippen LogP) is 3.62. The van der Waals surface area contributed by atoms with Crippen molar-refractivity contribution < 1.29 is 0 Å². The molecule has 1 heterocycles. The van der Waals surface area contributed by atoms with Crippen LogP contribution in [0.2, 0.25) is 0 Å². The summed E-state index contributed by atoms with van der Waals surface area (Å²) in [6.45, 7) is 4.06. The quantitative estimate of drug-likeness (QED) is 0.657. The van der Waals surface area contributed by atoms with Crippen molar-refractivity contribution in [2.45, 2.75) is 19.1 Å². The van der Waals surface area contributed by atoms with Crippen LogP contribution >= 0.6 is 24.0 Å². The van der Waals surface area contributed by atoms with Gasteiger partial charge >= 0.3 is 0 Å². The number of fused-ring (bicyclic) bond motifs is 1. The van der Waals surface area contributed by atoms with Gasteiger partial charge in [0.1, 0.15) is 0 Å². The Hall–Kier alpha value is -0.540. The van der Waals surface area contributed by atoms with Crippen molar-refractivity contribution >= 4 is 34.2 Å². The number of hydrogen-bond donors (Lipinski definition) is 1. The molecule has 0 bridgehead atoms. The summed E-state index contributed by atoms with van der Waals surface area (Å²) in [5, 5.41) is 0.528. The zero-order chi connectivity index (χ0) is 9.68. The Labute approximate surface area is 88.2 Å². The molecule has 0 N–H and O–H groups in total. The summed E-state index contributed by atoms with van der Waals surface area (Å²) in [6, 6.07) is 8.13. The van der Waals surface area contributed by atoms with E-state index in [9.17, 15) is 0 Å². The Morgan fingerprint density at radius 1 is 1.31 bits per heavy atom. The molecule has 3 heteroatoms. The van der Waals surface area contributed by atoms with Gasteiger partial charge in [-0.25, -0.2) is 4.98 Å². The highest BCUT2D eigenvalue weighted by Gasteiger charge is 1.89. The molecule has 0 saturated carbocycles. The molecule has 2 aromatic rings. The van der Waals surface area contributed by atoms with Crippen molar-refractivity contribution in [2.24, 2.45) is 0 Å². The fourth-order valence-corrected chi connectivity index (χ4v) is 1.48. The van der Waals surface area contributed by atoms with Gasteiger partial charge in [-0.1, -0.05) is 26.0 Å². The van der Waals surface area contributed by atoms with E-state index < -0.39 is 0 Å². The van der Waals surface area contributed by atoms with Gasteiger partial charge in [-0.05, 0) is 17.4 Å². The highest BCUT2D eigenvalue weighted by molar-refractivity contribution is 7.80. The normalized spacial score (nSPS) is 9.85. The van der Waals surface area contributed by atoms with Crippen LogP contribution in [0.3, 0.4) is 0 Å². The van der Waals surface area contributed by atoms with Crippen LogP contribution in [0, 0.1) is 0 Å². The molecule has 0 radical (unpaired) electrons. The average molecular weight is 211 g/mol. The maximum atomic E-state index is 4.14. The first-order valence-electron chi connectivity index (χ1n) is 4.16. The summed E-state index contributed by atoms with van der Waals surface area (Å²) in [5.41, 5.74) is 2.97. The lowest BCUT2D eigenvalue weighted by Crippen LogP contribution is -1.71. The maximum absolute atomic E-state index is 4.14. The van der Waals surface area contributed by atoms with Gasteiger partial charge < -0.3 is 0 Å². The largest absolute Gasteiger partial charge is 0.245 e. The minimum atomic E-state index is 0.528. The van der Waals surface area contributed by atoms with Crippen molar-refractivity contribution in [3.8, 4) is 0 Å². The first-order valence-corrected chi connectivity index (χ1v) is 5.56. The minimum absolute atomic E-state index is 0.528. The van der Waals surface area contributed by atoms with E-state index >= 15 is 0 Å². The van der Waals surface area contributed by atoms with Crippen molar-refractivity contribution in [2.75, 3.05) is 0 Å². The smallest absolute Gasteiger partial charge is 0.0812 e. The molecule has 0 aliphatic rings. The molecule has 0 unspecified atom stereocenters. The van der Waals surface area contributed by atoms with E-state index in [0.717, 1.165) is 5.52 Å². The third-order valence-electron chi connectivity index (χ3n) is 1.24. The lowest BCUT2D eigenvalue weighted by molar-refractivity contribution is 1.13. The summed E-state index contributed by atoms with van der Waals surface area (Å²) in [6.07, 6.45) is 0. The first kappa shape index (κ1) is 10.5. The summed E-state index contributed by atoms with van der Waals surface area (Å²) < 4.78 is 1.26. The number of nitrogens with zero attached hydrogens (tertiary/aromatic N) is 1. The van der Waals surface area contributed by atoms with Crippen LogP contribution in [-0.4, -0.2) is 10.2 Å². The van der Waals surface area contributed by atoms with Gasteiger partial charge in [0.25, 0.3) is 0 Å². The van der Waals surface area contributed by atoms with E-state index in [1.807, 2.05) is 37.6 Å². The summed E-state index contributed by atoms with van der Waals surface area (Å²) in [5.74, 6) is 0. The molecule has 0 aliphatic heterocycles. The van der Waals surface area contributed by atoms with Crippen LogP contribution in [-0.2, 0) is 0 Å². The Morgan fingerprint density at radius 2 is 1.92 bits per heavy atom. The lowest BCUT2D eigenvalue weighted by atomic mass is 10.3. The highest BCUT2D eigenvalue weighted by Crippen LogP contribution is 2.15. The van der Waals surface area contributed by atoms with Crippen LogP contribution < -0.4 is 0 Å². The third-order valence-corrected chi connectivity index (χ3v) is 2.05. The Balaban J connectivity index is 0.000000184. The minimum Gasteiger partial charge on any atom is -0.245 e. The zero-order valence-electron chi connectivity index (χ0n) is 7.77. The molecule has 13 heavy (non-hydrogen) atoms. The number of aromatic nitrogens is 1. The molecule has 0 spiro atoms. The second kappa shape index (κ2) is 5.25. The molecule has 1 aromatic carbocycles. The summed E-state index contributed by atoms with van der Waals surface area (Å²) in [7, 11) is 0. The molecular formula is C10H13NS2. The van der Waals surface area contributed by atoms with E-state index in [-0.39, 0.29) is 0 Å². The highest BCUT2D eigenvalue weighted by atomic mass is 32.1. The zero-order valence-corrected chi connectivity index (χ0v) is 9.48. The van der Waals surface area contributed by atoms with Crippen molar-refractivity contribution in [3.63, 3.8) is 0 Å². The van der Waals surface area contributed by atoms with Crippen LogP contribution in [0.5, 0.6) is 0 Å². The van der Waals surface area contributed by atoms with E-state index in [0.29, 0.717) is 5.25 Å². The van der Waals surface area contributed by atoms with Crippen LogP contribution in [0.25, 0.3) is 10.2 Å². The summed E-state index contributed by atoms with van der Waals surface area (Å²) >= 11 is 5.64. The van der Waals surface area contributed by atoms with Crippen LogP contribution in [0.4, 0.5) is 0 Å². The molecule has 1 aromatic heterocycles. The van der Waals surface area contributed by atoms with Crippen LogP contribution in [0.15, 0.2) is 29.8 Å². The van der Waals surface area contributed by atoms with Gasteiger partial charge in [0.15, 0.2) is 0 Å². The number of thiol groups is 1. The lowest BCUT2D eigenvalue weighted by Gasteiger charge is -1.80. The maximum Gasteiger partial charge on any atom is 0.0812 e. The van der Waals surface area contributed by atoms with Gasteiger partial charge in [0, 0.05) is 0 Å². The fraction of sp³-hybridized carbons (Fsp3) is 0.300. The number of thiazole rings is 1. The van der Waals surface area contributed by atoms with Gasteiger partial charge in [0.05, 0.1) is 15.7 Å². The van der Waals surface area contributed by atoms with Gasteiger partial charge in [-0.15, -0.1) is 11.3 Å². The van der Waals surface area contributed by atoms with Crippen molar-refractivity contribution in [1.82, 2.24) is 4.98 Å². The first-order chi connectivity index (χ1) is 6.20. The molecule has 0 atom stereocenters. The monoisotopic (exact) mass is 211 g/mol. The Morgan fingerprint density at radius 3 is 2.54 bits per heavy atom. The van der Waals surface area contributed by atoms with E-state index in [1.165, 1.54) is 4.70 Å². The molecule has 0 amide bonds. The van der Waals surface area contributed by atoms with Gasteiger partial charge in [0.2, 0.25) is 0 Å². The predicted molar refractivity (Wildman–Crippen MR) is 63.7 cm³/mol. The molecular weight excluding hydrogens is 198 g/mol. The molecule has 70 valence electrons. The molecule has 1 nitrogen and oxygen atoms in total. The number of para-hydroxylation sites is 1. The second-order valence-corrected chi connectivity index (χ2v) is 4.83. The Kier molecular flexibility index (Phi) is 4.25. The fourth-order valence-electron chi connectivity index (χ4n) is 0.803. The van der Waals surface area contributed by atoms with E-state index in [4.69, 9.17) is 0 Å². The third kappa shape index (κ3) is 3.79. The van der Waals surface area contributed by atoms with Crippen LogP contribution in [0.1, 0.15) is 13.8 Å². The number of hydrogen-bond acceptors (Lipinski definition) is 3. The SMILES string of the molecule is CC(C)S.c1ccc2scnc2c1. The average Bonchev–Trinajstić information content (AvgIpc) is 2.49. The van der Waals surface area contributed by atoms with Gasteiger partial charge in [-0.3, -0.25) is 0 Å². The molecule has 0 aliphatic carbocycles. The van der Waals surface area contributed by atoms with E-state index in [2.05, 4.69) is 23.7 Å². The second-order valence-electron chi connectivity index (χ2n) is 2.91. The standard InChI is InChI=1S/C7H5NS.C3H8S/c1-2-4-7-6(3-1)8-5-9-7;1-3(2)4/h1-5H;3-4H,1-2H3. The van der Waals surface area contributed by atoms with Crippen molar-refractivity contribution in [3.05, 3.63) is 29.8 Å². The van der Waals surface area contributed by atoms with Gasteiger partial charge in [-0.2, -0.15) is 12.6 Å².